The summed E-state index contributed by atoms with van der Waals surface area (Å²) in [6.45, 7) is 6.07. The van der Waals surface area contributed by atoms with E-state index in [1.54, 1.807) is 13.1 Å². The van der Waals surface area contributed by atoms with E-state index >= 15 is 0 Å². The topological polar surface area (TPSA) is 62.7 Å². The summed E-state index contributed by atoms with van der Waals surface area (Å²) in [6.07, 6.45) is 6.80. The Hall–Kier alpha value is -2.04. The Kier molecular flexibility index (Phi) is 8.10. The number of rotatable bonds is 7. The van der Waals surface area contributed by atoms with E-state index in [0.29, 0.717) is 12.4 Å². The number of methoxy groups -OCH3 is 1. The monoisotopic (exact) mass is 237 g/mol. The van der Waals surface area contributed by atoms with Gasteiger partial charge in [0.1, 0.15) is 12.4 Å². The van der Waals surface area contributed by atoms with Crippen molar-refractivity contribution in [3.63, 3.8) is 0 Å². The number of aliphatic imine (C=N–C) groups is 1. The van der Waals surface area contributed by atoms with Gasteiger partial charge in [-0.3, -0.25) is 4.99 Å². The molecule has 0 aliphatic heterocycles. The molecule has 0 unspecified atom stereocenters. The van der Waals surface area contributed by atoms with Crippen molar-refractivity contribution in [2.24, 2.45) is 4.99 Å². The molecular weight excluding hydrogens is 218 g/mol. The Bertz CT molecular complexity index is 344. The highest BCUT2D eigenvalue weighted by Crippen LogP contribution is 1.90. The number of nitrogens with zero attached hydrogens (tertiary/aromatic N) is 1. The second-order valence-electron chi connectivity index (χ2n) is 3.01. The Balaban J connectivity index is 4.12. The smallest absolute Gasteiger partial charge is 0.354 e. The molecule has 0 aromatic heterocycles. The van der Waals surface area contributed by atoms with E-state index in [4.69, 9.17) is 0 Å². The van der Waals surface area contributed by atoms with E-state index in [1.165, 1.54) is 13.3 Å². The number of hydrogen-bond acceptors (Lipinski definition) is 5. The summed E-state index contributed by atoms with van der Waals surface area (Å²) in [7, 11) is 2.97. The second-order valence-corrected chi connectivity index (χ2v) is 3.01. The van der Waals surface area contributed by atoms with Gasteiger partial charge in [-0.2, -0.15) is 0 Å². The van der Waals surface area contributed by atoms with Gasteiger partial charge in [0.25, 0.3) is 0 Å². The zero-order chi connectivity index (χ0) is 13.1. The van der Waals surface area contributed by atoms with Crippen LogP contribution in [-0.2, 0) is 9.53 Å². The molecule has 0 spiro atoms. The lowest BCUT2D eigenvalue weighted by molar-refractivity contribution is -0.136. The maximum absolute atomic E-state index is 11.1. The second kappa shape index (κ2) is 9.21. The predicted molar refractivity (Wildman–Crippen MR) is 69.6 cm³/mol. The first-order valence-corrected chi connectivity index (χ1v) is 5.17. The van der Waals surface area contributed by atoms with Crippen molar-refractivity contribution >= 4 is 12.2 Å². The van der Waals surface area contributed by atoms with Gasteiger partial charge in [-0.1, -0.05) is 12.7 Å². The minimum Gasteiger partial charge on any atom is -0.464 e. The Morgan fingerprint density at radius 1 is 1.53 bits per heavy atom. The average molecular weight is 237 g/mol. The van der Waals surface area contributed by atoms with Gasteiger partial charge >= 0.3 is 5.97 Å². The van der Waals surface area contributed by atoms with Crippen LogP contribution in [0.2, 0.25) is 0 Å². The number of allylic oxidation sites excluding steroid dienone is 3. The maximum atomic E-state index is 11.1. The molecule has 0 radical (unpaired) electrons. The standard InChI is InChI=1S/C12H19N3O2/c1-5-6-10(2)15-9-14-8-7-11(13-3)12(16)17-4/h5-8,13,15H,2,9H2,1,3-4H3/b6-5-,11-7-,14-8?. The normalized spacial score (nSPS) is 11.8. The third-order valence-electron chi connectivity index (χ3n) is 1.79. The number of esters is 1. The number of likely N-dealkylation sites (N-methyl/N-ethyl adjacent to an activating group) is 1. The summed E-state index contributed by atoms with van der Waals surface area (Å²) in [5.41, 5.74) is 1.14. The van der Waals surface area contributed by atoms with E-state index in [-0.39, 0.29) is 0 Å². The van der Waals surface area contributed by atoms with Crippen molar-refractivity contribution in [3.8, 4) is 0 Å². The first kappa shape index (κ1) is 15.0. The molecule has 17 heavy (non-hydrogen) atoms. The molecule has 0 rings (SSSR count). The van der Waals surface area contributed by atoms with Gasteiger partial charge in [0.15, 0.2) is 0 Å². The molecule has 0 aliphatic rings. The van der Waals surface area contributed by atoms with Crippen LogP contribution in [0.1, 0.15) is 6.92 Å². The molecular formula is C12H19N3O2. The van der Waals surface area contributed by atoms with E-state index in [2.05, 4.69) is 26.9 Å². The van der Waals surface area contributed by atoms with Gasteiger partial charge in [0.05, 0.1) is 7.11 Å². The molecule has 0 fully saturated rings. The lowest BCUT2D eigenvalue weighted by Crippen LogP contribution is -2.17. The molecule has 5 heteroatoms. The van der Waals surface area contributed by atoms with Crippen molar-refractivity contribution in [3.05, 3.63) is 36.2 Å². The molecule has 0 bridgehead atoms. The van der Waals surface area contributed by atoms with Crippen LogP contribution in [0.5, 0.6) is 0 Å². The van der Waals surface area contributed by atoms with Crippen molar-refractivity contribution in [1.82, 2.24) is 10.6 Å². The first-order chi connectivity index (χ1) is 8.15. The van der Waals surface area contributed by atoms with Gasteiger partial charge < -0.3 is 15.4 Å². The molecule has 0 atom stereocenters. The van der Waals surface area contributed by atoms with Gasteiger partial charge in [-0.05, 0) is 19.1 Å². The zero-order valence-electron chi connectivity index (χ0n) is 10.5. The third kappa shape index (κ3) is 6.94. The summed E-state index contributed by atoms with van der Waals surface area (Å²) >= 11 is 0. The fourth-order valence-corrected chi connectivity index (χ4v) is 0.951. The number of ether oxygens (including phenoxy) is 1. The van der Waals surface area contributed by atoms with E-state index in [0.717, 1.165) is 5.70 Å². The molecule has 5 nitrogen and oxygen atoms in total. The third-order valence-corrected chi connectivity index (χ3v) is 1.79. The lowest BCUT2D eigenvalue weighted by atomic mass is 10.4. The zero-order valence-corrected chi connectivity index (χ0v) is 10.5. The van der Waals surface area contributed by atoms with Crippen LogP contribution in [0.15, 0.2) is 41.2 Å². The molecule has 0 amide bonds. The van der Waals surface area contributed by atoms with E-state index in [1.807, 2.05) is 19.1 Å². The van der Waals surface area contributed by atoms with E-state index in [9.17, 15) is 4.79 Å². The minimum absolute atomic E-state index is 0.350. The average Bonchev–Trinajstić information content (AvgIpc) is 2.33. The maximum Gasteiger partial charge on any atom is 0.354 e. The molecule has 94 valence electrons. The molecule has 0 saturated carbocycles. The lowest BCUT2D eigenvalue weighted by Gasteiger charge is -2.02. The molecule has 0 heterocycles. The van der Waals surface area contributed by atoms with Crippen LogP contribution >= 0.6 is 0 Å². The highest BCUT2D eigenvalue weighted by molar-refractivity contribution is 5.92. The molecule has 0 aromatic rings. The first-order valence-electron chi connectivity index (χ1n) is 5.17. The van der Waals surface area contributed by atoms with Crippen molar-refractivity contribution in [2.75, 3.05) is 20.8 Å². The van der Waals surface area contributed by atoms with Crippen molar-refractivity contribution in [1.29, 1.82) is 0 Å². The number of hydrogen-bond donors (Lipinski definition) is 2. The minimum atomic E-state index is -0.426. The summed E-state index contributed by atoms with van der Waals surface area (Å²) in [6, 6.07) is 0. The molecule has 0 aromatic carbocycles. The van der Waals surface area contributed by atoms with Crippen LogP contribution in [0.3, 0.4) is 0 Å². The van der Waals surface area contributed by atoms with Crippen molar-refractivity contribution < 1.29 is 9.53 Å². The quantitative estimate of drug-likeness (QED) is 0.300. The summed E-state index contributed by atoms with van der Waals surface area (Å²) < 4.78 is 4.56. The molecule has 2 N–H and O–H groups in total. The van der Waals surface area contributed by atoms with Gasteiger partial charge in [-0.15, -0.1) is 0 Å². The summed E-state index contributed by atoms with van der Waals surface area (Å²) in [5, 5.41) is 5.69. The molecule has 0 saturated heterocycles. The summed E-state index contributed by atoms with van der Waals surface area (Å²) in [5.74, 6) is -0.426. The van der Waals surface area contributed by atoms with Gasteiger partial charge in [0.2, 0.25) is 0 Å². The van der Waals surface area contributed by atoms with Crippen LogP contribution in [0.25, 0.3) is 0 Å². The number of nitrogens with one attached hydrogen (secondary N) is 2. The summed E-state index contributed by atoms with van der Waals surface area (Å²) in [4.78, 5) is 15.2. The largest absolute Gasteiger partial charge is 0.464 e. The highest BCUT2D eigenvalue weighted by Gasteiger charge is 2.04. The predicted octanol–water partition coefficient (Wildman–Crippen LogP) is 0.970. The van der Waals surface area contributed by atoms with Crippen LogP contribution in [-0.4, -0.2) is 33.0 Å². The Morgan fingerprint density at radius 3 is 2.76 bits per heavy atom. The SMILES string of the molecule is C=C(/C=C\C)NCN=C/C=C(\NC)C(=O)OC. The van der Waals surface area contributed by atoms with Gasteiger partial charge in [-0.25, -0.2) is 4.79 Å². The van der Waals surface area contributed by atoms with Crippen molar-refractivity contribution in [2.45, 2.75) is 6.92 Å². The Labute approximate surface area is 102 Å². The molecule has 0 aliphatic carbocycles. The van der Waals surface area contributed by atoms with E-state index < -0.39 is 5.97 Å². The van der Waals surface area contributed by atoms with Crippen LogP contribution in [0.4, 0.5) is 0 Å². The fourth-order valence-electron chi connectivity index (χ4n) is 0.951. The highest BCUT2D eigenvalue weighted by atomic mass is 16.5. The number of carbonyl (C=O) groups is 1. The van der Waals surface area contributed by atoms with Crippen LogP contribution in [0, 0.1) is 0 Å². The van der Waals surface area contributed by atoms with Gasteiger partial charge in [0, 0.05) is 19.0 Å². The number of carbonyl (C=O) groups excluding carboxylic acids is 1. The van der Waals surface area contributed by atoms with Crippen LogP contribution < -0.4 is 10.6 Å². The Morgan fingerprint density at radius 2 is 2.24 bits per heavy atom. The fraction of sp³-hybridized carbons (Fsp3) is 0.333.